The third kappa shape index (κ3) is 1.75. The van der Waals surface area contributed by atoms with Crippen molar-refractivity contribution in [2.45, 2.75) is 0 Å². The summed E-state index contributed by atoms with van der Waals surface area (Å²) in [5.41, 5.74) is 0.486. The molecule has 0 amide bonds. The van der Waals surface area contributed by atoms with E-state index in [1.165, 1.54) is 12.1 Å². The summed E-state index contributed by atoms with van der Waals surface area (Å²) >= 11 is 14.8. The topological polar surface area (TPSA) is 36.7 Å². The van der Waals surface area contributed by atoms with E-state index in [0.29, 0.717) is 10.9 Å². The zero-order chi connectivity index (χ0) is 11.9. The lowest BCUT2D eigenvalue weighted by Crippen LogP contribution is -1.90. The molecule has 2 aromatic rings. The zero-order valence-corrected chi connectivity index (χ0v) is 10.7. The van der Waals surface area contributed by atoms with E-state index in [1.807, 2.05) is 6.07 Å². The standard InChI is InChI=1S/C10H2BrCl2FN2/c11-6-2-8-4(1-7(6)14)9(12)5(3-15)10(13)16-8/h1-2H. The summed E-state index contributed by atoms with van der Waals surface area (Å²) in [7, 11) is 0. The Morgan fingerprint density at radius 3 is 2.69 bits per heavy atom. The van der Waals surface area contributed by atoms with Crippen LogP contribution in [0, 0.1) is 17.1 Å². The second-order valence-corrected chi connectivity index (χ2v) is 4.58. The van der Waals surface area contributed by atoms with Crippen LogP contribution in [-0.4, -0.2) is 4.98 Å². The summed E-state index contributed by atoms with van der Waals surface area (Å²) in [5.74, 6) is -0.470. The van der Waals surface area contributed by atoms with Crippen molar-refractivity contribution >= 4 is 50.0 Å². The molecule has 1 heterocycles. The van der Waals surface area contributed by atoms with E-state index < -0.39 is 5.82 Å². The van der Waals surface area contributed by atoms with Crippen LogP contribution in [0.25, 0.3) is 10.9 Å². The fourth-order valence-electron chi connectivity index (χ4n) is 1.29. The molecule has 1 aromatic heterocycles. The molecular formula is C10H2BrCl2FN2. The van der Waals surface area contributed by atoms with Gasteiger partial charge in [-0.15, -0.1) is 0 Å². The Morgan fingerprint density at radius 1 is 1.38 bits per heavy atom. The van der Waals surface area contributed by atoms with Crippen molar-refractivity contribution in [1.82, 2.24) is 4.98 Å². The lowest BCUT2D eigenvalue weighted by molar-refractivity contribution is 0.623. The van der Waals surface area contributed by atoms with E-state index in [-0.39, 0.29) is 20.2 Å². The van der Waals surface area contributed by atoms with Gasteiger partial charge in [-0.1, -0.05) is 23.2 Å². The molecule has 80 valence electrons. The first-order valence-corrected chi connectivity index (χ1v) is 5.63. The summed E-state index contributed by atoms with van der Waals surface area (Å²) in [6.07, 6.45) is 0. The summed E-state index contributed by atoms with van der Waals surface area (Å²) in [5, 5.41) is 9.31. The maximum atomic E-state index is 13.3. The molecule has 0 aliphatic rings. The third-order valence-corrected chi connectivity index (χ3v) is 3.31. The number of nitriles is 1. The highest BCUT2D eigenvalue weighted by Crippen LogP contribution is 2.32. The molecule has 16 heavy (non-hydrogen) atoms. The predicted molar refractivity (Wildman–Crippen MR) is 64.1 cm³/mol. The minimum atomic E-state index is -0.470. The van der Waals surface area contributed by atoms with Gasteiger partial charge in [0.05, 0.1) is 15.0 Å². The normalized spacial score (nSPS) is 10.4. The van der Waals surface area contributed by atoms with Crippen LogP contribution in [0.5, 0.6) is 0 Å². The van der Waals surface area contributed by atoms with E-state index in [1.54, 1.807) is 0 Å². The molecule has 0 aliphatic carbocycles. The molecule has 0 spiro atoms. The van der Waals surface area contributed by atoms with Gasteiger partial charge < -0.3 is 0 Å². The molecule has 0 saturated heterocycles. The number of aromatic nitrogens is 1. The van der Waals surface area contributed by atoms with Crippen LogP contribution in [0.15, 0.2) is 16.6 Å². The highest BCUT2D eigenvalue weighted by Gasteiger charge is 2.14. The third-order valence-electron chi connectivity index (χ3n) is 2.03. The summed E-state index contributed by atoms with van der Waals surface area (Å²) in [6.45, 7) is 0. The van der Waals surface area contributed by atoms with Crippen LogP contribution in [0.2, 0.25) is 10.2 Å². The molecule has 0 atom stereocenters. The Balaban J connectivity index is 2.95. The van der Waals surface area contributed by atoms with E-state index in [9.17, 15) is 4.39 Å². The summed E-state index contributed by atoms with van der Waals surface area (Å²) in [4.78, 5) is 3.97. The van der Waals surface area contributed by atoms with Crippen LogP contribution in [-0.2, 0) is 0 Å². The van der Waals surface area contributed by atoms with Gasteiger partial charge in [-0.3, -0.25) is 0 Å². The number of halogens is 4. The van der Waals surface area contributed by atoms with Gasteiger partial charge in [0.1, 0.15) is 22.6 Å². The molecule has 0 unspecified atom stereocenters. The lowest BCUT2D eigenvalue weighted by Gasteiger charge is -2.05. The molecule has 0 N–H and O–H groups in total. The predicted octanol–water partition coefficient (Wildman–Crippen LogP) is 4.31. The van der Waals surface area contributed by atoms with Crippen molar-refractivity contribution < 1.29 is 4.39 Å². The number of hydrogen-bond acceptors (Lipinski definition) is 2. The minimum Gasteiger partial charge on any atom is -0.235 e. The van der Waals surface area contributed by atoms with Gasteiger partial charge in [0.2, 0.25) is 0 Å². The smallest absolute Gasteiger partial charge is 0.149 e. The second kappa shape index (κ2) is 4.17. The molecule has 0 radical (unpaired) electrons. The monoisotopic (exact) mass is 318 g/mol. The molecule has 0 fully saturated rings. The number of fused-ring (bicyclic) bond motifs is 1. The Hall–Kier alpha value is -0.890. The van der Waals surface area contributed by atoms with E-state index >= 15 is 0 Å². The second-order valence-electron chi connectivity index (χ2n) is 2.99. The Labute approximate surface area is 109 Å². The number of hydrogen-bond donors (Lipinski definition) is 0. The molecule has 0 saturated carbocycles. The minimum absolute atomic E-state index is 0.0125. The largest absolute Gasteiger partial charge is 0.235 e. The number of benzene rings is 1. The number of nitrogens with zero attached hydrogens (tertiary/aromatic N) is 2. The highest BCUT2D eigenvalue weighted by molar-refractivity contribution is 9.10. The molecule has 1 aromatic carbocycles. The van der Waals surface area contributed by atoms with Gasteiger partial charge in [0, 0.05) is 5.39 Å². The van der Waals surface area contributed by atoms with Crippen molar-refractivity contribution in [2.75, 3.05) is 0 Å². The van der Waals surface area contributed by atoms with Gasteiger partial charge >= 0.3 is 0 Å². The van der Waals surface area contributed by atoms with E-state index in [4.69, 9.17) is 28.5 Å². The molecule has 2 rings (SSSR count). The molecule has 0 aliphatic heterocycles. The quantitative estimate of drug-likeness (QED) is 0.678. The fraction of sp³-hybridized carbons (Fsp3) is 0. The first-order chi connectivity index (χ1) is 7.54. The van der Waals surface area contributed by atoms with Crippen molar-refractivity contribution in [3.63, 3.8) is 0 Å². The SMILES string of the molecule is N#Cc1c(Cl)nc2cc(Br)c(F)cc2c1Cl. The first kappa shape index (κ1) is 11.6. The highest BCUT2D eigenvalue weighted by atomic mass is 79.9. The molecule has 6 heteroatoms. The van der Waals surface area contributed by atoms with Crippen LogP contribution < -0.4 is 0 Å². The zero-order valence-electron chi connectivity index (χ0n) is 7.56. The van der Waals surface area contributed by atoms with E-state index in [2.05, 4.69) is 20.9 Å². The Morgan fingerprint density at radius 2 is 2.06 bits per heavy atom. The van der Waals surface area contributed by atoms with Crippen molar-refractivity contribution in [3.8, 4) is 6.07 Å². The Bertz CT molecular complexity index is 637. The molecular weight excluding hydrogens is 318 g/mol. The molecule has 0 bridgehead atoms. The fourth-order valence-corrected chi connectivity index (χ4v) is 2.18. The maximum absolute atomic E-state index is 13.3. The average Bonchev–Trinajstić information content (AvgIpc) is 2.22. The van der Waals surface area contributed by atoms with Crippen LogP contribution in [0.3, 0.4) is 0 Å². The van der Waals surface area contributed by atoms with Gasteiger partial charge in [-0.2, -0.15) is 5.26 Å². The lowest BCUT2D eigenvalue weighted by atomic mass is 10.1. The van der Waals surface area contributed by atoms with Crippen LogP contribution in [0.1, 0.15) is 5.56 Å². The summed E-state index contributed by atoms with van der Waals surface area (Å²) in [6, 6.07) is 4.51. The van der Waals surface area contributed by atoms with Gasteiger partial charge in [0.15, 0.2) is 0 Å². The van der Waals surface area contributed by atoms with Crippen LogP contribution in [0.4, 0.5) is 4.39 Å². The van der Waals surface area contributed by atoms with Gasteiger partial charge in [-0.25, -0.2) is 9.37 Å². The van der Waals surface area contributed by atoms with Gasteiger partial charge in [-0.05, 0) is 28.1 Å². The number of rotatable bonds is 0. The maximum Gasteiger partial charge on any atom is 0.149 e. The Kier molecular flexibility index (Phi) is 3.02. The average molecular weight is 320 g/mol. The van der Waals surface area contributed by atoms with Gasteiger partial charge in [0.25, 0.3) is 0 Å². The van der Waals surface area contributed by atoms with Crippen molar-refractivity contribution in [1.29, 1.82) is 5.26 Å². The molecule has 2 nitrogen and oxygen atoms in total. The van der Waals surface area contributed by atoms with E-state index in [0.717, 1.165) is 0 Å². The first-order valence-electron chi connectivity index (χ1n) is 4.08. The van der Waals surface area contributed by atoms with Crippen molar-refractivity contribution in [2.24, 2.45) is 0 Å². The van der Waals surface area contributed by atoms with Crippen molar-refractivity contribution in [3.05, 3.63) is 38.2 Å². The van der Waals surface area contributed by atoms with Crippen LogP contribution >= 0.6 is 39.1 Å². The summed E-state index contributed by atoms with van der Waals surface area (Å²) < 4.78 is 13.6. The number of pyridine rings is 1.